The molecular formula is C16H22O4. The molecule has 0 aliphatic carbocycles. The molecule has 0 fully saturated rings. The van der Waals surface area contributed by atoms with E-state index in [1.165, 1.54) is 0 Å². The molecule has 0 unspecified atom stereocenters. The van der Waals surface area contributed by atoms with Crippen LogP contribution in [0.5, 0.6) is 0 Å². The first kappa shape index (κ1) is 16.7. The van der Waals surface area contributed by atoms with Crippen molar-refractivity contribution >= 4 is 0 Å². The van der Waals surface area contributed by atoms with E-state index in [-0.39, 0.29) is 0 Å². The van der Waals surface area contributed by atoms with Crippen LogP contribution in [0, 0.1) is 12.3 Å². The van der Waals surface area contributed by atoms with Gasteiger partial charge in [-0.3, -0.25) is 0 Å². The van der Waals surface area contributed by atoms with Gasteiger partial charge in [0.1, 0.15) is 0 Å². The highest BCUT2D eigenvalue weighted by Gasteiger charge is 1.95. The number of methoxy groups -OCH3 is 1. The van der Waals surface area contributed by atoms with Crippen LogP contribution in [0.15, 0.2) is 24.3 Å². The Morgan fingerprint density at radius 2 is 1.40 bits per heavy atom. The third kappa shape index (κ3) is 7.93. The Kier molecular flexibility index (Phi) is 9.54. The average Bonchev–Trinajstić information content (AvgIpc) is 2.50. The molecule has 0 saturated carbocycles. The third-order valence-electron chi connectivity index (χ3n) is 2.57. The third-order valence-corrected chi connectivity index (χ3v) is 2.57. The standard InChI is InChI=1S/C16H22O4/c1-3-15-4-6-16(7-5-15)14-20-13-12-19-11-10-18-9-8-17-2/h1,4-7H,8-14H2,2H3. The van der Waals surface area contributed by atoms with Crippen molar-refractivity contribution in [2.75, 3.05) is 46.8 Å². The maximum Gasteiger partial charge on any atom is 0.0718 e. The molecule has 0 radical (unpaired) electrons. The van der Waals surface area contributed by atoms with Gasteiger partial charge in [-0.2, -0.15) is 0 Å². The van der Waals surface area contributed by atoms with Crippen molar-refractivity contribution in [2.24, 2.45) is 0 Å². The summed E-state index contributed by atoms with van der Waals surface area (Å²) in [5, 5.41) is 0. The minimum absolute atomic E-state index is 0.564. The maximum absolute atomic E-state index is 5.50. The molecule has 0 amide bonds. The minimum atomic E-state index is 0.564. The number of hydrogen-bond donors (Lipinski definition) is 0. The SMILES string of the molecule is C#Cc1ccc(COCCOCCOCCOC)cc1. The van der Waals surface area contributed by atoms with E-state index in [4.69, 9.17) is 25.4 Å². The smallest absolute Gasteiger partial charge is 0.0718 e. The Balaban J connectivity index is 1.93. The molecule has 110 valence electrons. The van der Waals surface area contributed by atoms with Crippen molar-refractivity contribution in [2.45, 2.75) is 6.61 Å². The number of benzene rings is 1. The topological polar surface area (TPSA) is 36.9 Å². The summed E-state index contributed by atoms with van der Waals surface area (Å²) in [4.78, 5) is 0. The molecule has 0 N–H and O–H groups in total. The van der Waals surface area contributed by atoms with E-state index in [1.54, 1.807) is 7.11 Å². The van der Waals surface area contributed by atoms with Crippen LogP contribution in [0.3, 0.4) is 0 Å². The van der Waals surface area contributed by atoms with Gasteiger partial charge in [0.15, 0.2) is 0 Å². The van der Waals surface area contributed by atoms with Crippen molar-refractivity contribution < 1.29 is 18.9 Å². The van der Waals surface area contributed by atoms with Gasteiger partial charge in [0.05, 0.1) is 46.2 Å². The molecule has 0 spiro atoms. The van der Waals surface area contributed by atoms with Crippen LogP contribution in [0.1, 0.15) is 11.1 Å². The minimum Gasteiger partial charge on any atom is -0.382 e. The molecule has 0 aromatic heterocycles. The number of rotatable bonds is 11. The van der Waals surface area contributed by atoms with E-state index in [0.29, 0.717) is 46.2 Å². The zero-order valence-electron chi connectivity index (χ0n) is 12.0. The van der Waals surface area contributed by atoms with Crippen molar-refractivity contribution in [3.63, 3.8) is 0 Å². The highest BCUT2D eigenvalue weighted by Crippen LogP contribution is 2.04. The highest BCUT2D eigenvalue weighted by atomic mass is 16.6. The van der Waals surface area contributed by atoms with Gasteiger partial charge in [0.2, 0.25) is 0 Å². The van der Waals surface area contributed by atoms with Crippen LogP contribution >= 0.6 is 0 Å². The molecular weight excluding hydrogens is 256 g/mol. The highest BCUT2D eigenvalue weighted by molar-refractivity contribution is 5.33. The lowest BCUT2D eigenvalue weighted by atomic mass is 10.1. The molecule has 0 heterocycles. The van der Waals surface area contributed by atoms with Gasteiger partial charge in [0.25, 0.3) is 0 Å². The molecule has 0 bridgehead atoms. The van der Waals surface area contributed by atoms with Crippen LogP contribution < -0.4 is 0 Å². The molecule has 1 aromatic rings. The first-order valence-corrected chi connectivity index (χ1v) is 6.64. The van der Waals surface area contributed by atoms with Crippen LogP contribution in [0.25, 0.3) is 0 Å². The van der Waals surface area contributed by atoms with Gasteiger partial charge in [-0.25, -0.2) is 0 Å². The molecule has 1 aromatic carbocycles. The summed E-state index contributed by atoms with van der Waals surface area (Å²) in [6.07, 6.45) is 5.29. The van der Waals surface area contributed by atoms with Crippen LogP contribution in [-0.4, -0.2) is 46.8 Å². The zero-order chi connectivity index (χ0) is 14.5. The summed E-state index contributed by atoms with van der Waals surface area (Å²) >= 11 is 0. The van der Waals surface area contributed by atoms with E-state index in [9.17, 15) is 0 Å². The number of hydrogen-bond acceptors (Lipinski definition) is 4. The Morgan fingerprint density at radius 3 is 1.95 bits per heavy atom. The van der Waals surface area contributed by atoms with Gasteiger partial charge in [-0.05, 0) is 17.7 Å². The molecule has 0 atom stereocenters. The summed E-state index contributed by atoms with van der Waals surface area (Å²) in [5.74, 6) is 2.58. The zero-order valence-corrected chi connectivity index (χ0v) is 12.0. The number of terminal acetylenes is 1. The molecule has 4 heteroatoms. The van der Waals surface area contributed by atoms with E-state index in [2.05, 4.69) is 5.92 Å². The first-order valence-electron chi connectivity index (χ1n) is 6.64. The Labute approximate surface area is 121 Å². The second kappa shape index (κ2) is 11.4. The normalized spacial score (nSPS) is 10.4. The fourth-order valence-corrected chi connectivity index (χ4v) is 1.47. The Bertz CT molecular complexity index is 380. The lowest BCUT2D eigenvalue weighted by molar-refractivity contribution is 0.000869. The quantitative estimate of drug-likeness (QED) is 0.457. The first-order chi connectivity index (χ1) is 9.86. The van der Waals surface area contributed by atoms with E-state index >= 15 is 0 Å². The average molecular weight is 278 g/mol. The summed E-state index contributed by atoms with van der Waals surface area (Å²) in [6, 6.07) is 7.76. The summed E-state index contributed by atoms with van der Waals surface area (Å²) in [6.45, 7) is 4.07. The Hall–Kier alpha value is -1.38. The molecule has 20 heavy (non-hydrogen) atoms. The second-order valence-corrected chi connectivity index (χ2v) is 4.11. The fraction of sp³-hybridized carbons (Fsp3) is 0.500. The Morgan fingerprint density at radius 1 is 0.850 bits per heavy atom. The molecule has 0 saturated heterocycles. The lowest BCUT2D eigenvalue weighted by Gasteiger charge is -2.07. The molecule has 1 rings (SSSR count). The molecule has 0 aliphatic heterocycles. The predicted octanol–water partition coefficient (Wildman–Crippen LogP) is 1.86. The van der Waals surface area contributed by atoms with Gasteiger partial charge < -0.3 is 18.9 Å². The van der Waals surface area contributed by atoms with Gasteiger partial charge in [-0.15, -0.1) is 6.42 Å². The fourth-order valence-electron chi connectivity index (χ4n) is 1.47. The van der Waals surface area contributed by atoms with Crippen molar-refractivity contribution in [3.8, 4) is 12.3 Å². The second-order valence-electron chi connectivity index (χ2n) is 4.11. The van der Waals surface area contributed by atoms with E-state index in [1.807, 2.05) is 24.3 Å². The predicted molar refractivity (Wildman–Crippen MR) is 77.5 cm³/mol. The summed E-state index contributed by atoms with van der Waals surface area (Å²) < 4.78 is 21.0. The lowest BCUT2D eigenvalue weighted by Crippen LogP contribution is -2.11. The van der Waals surface area contributed by atoms with Gasteiger partial charge in [-0.1, -0.05) is 18.1 Å². The summed E-state index contributed by atoms with van der Waals surface area (Å²) in [7, 11) is 1.65. The van der Waals surface area contributed by atoms with Gasteiger partial charge >= 0.3 is 0 Å². The van der Waals surface area contributed by atoms with Gasteiger partial charge in [0, 0.05) is 12.7 Å². The monoisotopic (exact) mass is 278 g/mol. The van der Waals surface area contributed by atoms with E-state index < -0.39 is 0 Å². The van der Waals surface area contributed by atoms with E-state index in [0.717, 1.165) is 11.1 Å². The van der Waals surface area contributed by atoms with Crippen LogP contribution in [0.2, 0.25) is 0 Å². The van der Waals surface area contributed by atoms with Crippen molar-refractivity contribution in [3.05, 3.63) is 35.4 Å². The van der Waals surface area contributed by atoms with Crippen molar-refractivity contribution in [1.29, 1.82) is 0 Å². The summed E-state index contributed by atoms with van der Waals surface area (Å²) in [5.41, 5.74) is 1.98. The molecule has 0 aliphatic rings. The van der Waals surface area contributed by atoms with Crippen molar-refractivity contribution in [1.82, 2.24) is 0 Å². The largest absolute Gasteiger partial charge is 0.382 e. The molecule has 4 nitrogen and oxygen atoms in total. The van der Waals surface area contributed by atoms with Crippen LogP contribution in [0.4, 0.5) is 0 Å². The van der Waals surface area contributed by atoms with Crippen LogP contribution in [-0.2, 0) is 25.6 Å². The maximum atomic E-state index is 5.50. The number of ether oxygens (including phenoxy) is 4.